The number of aryl methyl sites for hydroxylation is 1. The van der Waals surface area contributed by atoms with Gasteiger partial charge in [0.25, 0.3) is 0 Å². The number of fused-ring (bicyclic) bond motifs is 1. The van der Waals surface area contributed by atoms with Crippen LogP contribution in [0.5, 0.6) is 0 Å². The molecule has 0 saturated heterocycles. The van der Waals surface area contributed by atoms with E-state index in [0.29, 0.717) is 0 Å². The summed E-state index contributed by atoms with van der Waals surface area (Å²) in [6.07, 6.45) is 1.61. The molecule has 130 valence electrons. The molecule has 0 aliphatic rings. The number of nitrogens with one attached hydrogen (secondary N) is 1. The summed E-state index contributed by atoms with van der Waals surface area (Å²) in [6.45, 7) is 3.31. The van der Waals surface area contributed by atoms with Gasteiger partial charge in [0.1, 0.15) is 6.04 Å². The number of benzene rings is 2. The summed E-state index contributed by atoms with van der Waals surface area (Å²) < 4.78 is 28.4. The minimum absolute atomic E-state index is 0.101. The molecule has 1 heterocycles. The van der Waals surface area contributed by atoms with E-state index in [2.05, 4.69) is 4.72 Å². The quantitative estimate of drug-likeness (QED) is 0.759. The molecular weight excluding hydrogens is 340 g/mol. The van der Waals surface area contributed by atoms with E-state index in [4.69, 9.17) is 4.84 Å². The number of carbonyl (C=O) groups excluding carboxylic acids is 1. The van der Waals surface area contributed by atoms with Gasteiger partial charge in [-0.2, -0.15) is 9.45 Å². The fourth-order valence-electron chi connectivity index (χ4n) is 2.38. The van der Waals surface area contributed by atoms with Gasteiger partial charge in [0.15, 0.2) is 0 Å². The van der Waals surface area contributed by atoms with Crippen LogP contribution in [0.25, 0.3) is 10.9 Å². The fourth-order valence-corrected chi connectivity index (χ4v) is 3.57. The first-order chi connectivity index (χ1) is 11.9. The Morgan fingerprint density at radius 3 is 2.48 bits per heavy atom. The molecule has 0 fully saturated rings. The summed E-state index contributed by atoms with van der Waals surface area (Å²) in [4.78, 5) is 17.6. The lowest BCUT2D eigenvalue weighted by molar-refractivity contribution is -0.145. The van der Waals surface area contributed by atoms with Gasteiger partial charge in [-0.05, 0) is 38.1 Å². The Hall–Kier alpha value is -2.64. The zero-order chi connectivity index (χ0) is 18.0. The Balaban J connectivity index is 1.73. The lowest BCUT2D eigenvalue weighted by Gasteiger charge is -2.14. The molecule has 0 aliphatic carbocycles. The van der Waals surface area contributed by atoms with Crippen molar-refractivity contribution in [2.75, 3.05) is 0 Å². The van der Waals surface area contributed by atoms with Crippen LogP contribution < -0.4 is 9.56 Å². The van der Waals surface area contributed by atoms with Crippen molar-refractivity contribution < 1.29 is 18.0 Å². The Bertz CT molecular complexity index is 1010. The number of hydrogen-bond acceptors (Lipinski definition) is 4. The van der Waals surface area contributed by atoms with Crippen molar-refractivity contribution in [3.8, 4) is 0 Å². The molecule has 0 spiro atoms. The normalized spacial score (nSPS) is 12.9. The summed E-state index contributed by atoms with van der Waals surface area (Å²) in [5.74, 6) is -0.697. The molecular formula is C18H18N2O4S. The maximum Gasteiger partial charge on any atom is 0.350 e. The van der Waals surface area contributed by atoms with Gasteiger partial charge in [0.05, 0.1) is 10.4 Å². The van der Waals surface area contributed by atoms with E-state index in [9.17, 15) is 13.2 Å². The Morgan fingerprint density at radius 1 is 1.08 bits per heavy atom. The smallest absolute Gasteiger partial charge is 0.335 e. The number of nitrogens with zero attached hydrogens (tertiary/aromatic N) is 1. The molecule has 1 aromatic heterocycles. The van der Waals surface area contributed by atoms with Crippen LogP contribution in [0.2, 0.25) is 0 Å². The van der Waals surface area contributed by atoms with Gasteiger partial charge in [-0.3, -0.25) is 0 Å². The van der Waals surface area contributed by atoms with Crippen LogP contribution in [0.1, 0.15) is 12.5 Å². The first-order valence-electron chi connectivity index (χ1n) is 7.74. The second-order valence-electron chi connectivity index (χ2n) is 5.77. The van der Waals surface area contributed by atoms with Gasteiger partial charge < -0.3 is 4.84 Å². The molecule has 0 saturated carbocycles. The van der Waals surface area contributed by atoms with Gasteiger partial charge in [-0.1, -0.05) is 35.9 Å². The minimum Gasteiger partial charge on any atom is -0.335 e. The monoisotopic (exact) mass is 358 g/mol. The van der Waals surface area contributed by atoms with E-state index in [1.165, 1.54) is 23.8 Å². The van der Waals surface area contributed by atoms with Gasteiger partial charge in [-0.25, -0.2) is 13.2 Å². The molecule has 1 N–H and O–H groups in total. The lowest BCUT2D eigenvalue weighted by Crippen LogP contribution is -2.42. The average molecular weight is 358 g/mol. The SMILES string of the molecule is Cc1ccc(S(=O)(=O)N[C@@H](C)C(=O)On2ccc3ccccc32)cc1. The van der Waals surface area contributed by atoms with Crippen LogP contribution >= 0.6 is 0 Å². The third-order valence-corrected chi connectivity index (χ3v) is 5.33. The lowest BCUT2D eigenvalue weighted by atomic mass is 10.2. The number of rotatable bonds is 5. The second kappa shape index (κ2) is 6.70. The molecule has 2 aromatic carbocycles. The Morgan fingerprint density at radius 2 is 1.76 bits per heavy atom. The average Bonchev–Trinajstić information content (AvgIpc) is 2.98. The van der Waals surface area contributed by atoms with Crippen molar-refractivity contribution in [3.05, 3.63) is 66.4 Å². The number of hydrogen-bond donors (Lipinski definition) is 1. The summed E-state index contributed by atoms with van der Waals surface area (Å²) in [5, 5.41) is 0.920. The number of para-hydroxylation sites is 1. The van der Waals surface area contributed by atoms with Gasteiger partial charge in [-0.15, -0.1) is 0 Å². The van der Waals surface area contributed by atoms with E-state index < -0.39 is 22.0 Å². The fraction of sp³-hybridized carbons (Fsp3) is 0.167. The number of sulfonamides is 1. The first kappa shape index (κ1) is 17.2. The van der Waals surface area contributed by atoms with Crippen LogP contribution in [0.15, 0.2) is 65.7 Å². The third-order valence-electron chi connectivity index (χ3n) is 3.77. The summed E-state index contributed by atoms with van der Waals surface area (Å²) in [5.41, 5.74) is 1.68. The predicted molar refractivity (Wildman–Crippen MR) is 94.5 cm³/mol. The summed E-state index contributed by atoms with van der Waals surface area (Å²) >= 11 is 0. The highest BCUT2D eigenvalue weighted by Gasteiger charge is 2.24. The first-order valence-corrected chi connectivity index (χ1v) is 9.22. The molecule has 1 atom stereocenters. The molecule has 25 heavy (non-hydrogen) atoms. The van der Waals surface area contributed by atoms with Crippen LogP contribution in [0.3, 0.4) is 0 Å². The standard InChI is InChI=1S/C18H18N2O4S/c1-13-7-9-16(10-8-13)25(22,23)19-14(2)18(21)24-20-12-11-15-5-3-4-6-17(15)20/h3-12,14,19H,1-2H3/t14-/m0/s1. The highest BCUT2D eigenvalue weighted by molar-refractivity contribution is 7.89. The maximum absolute atomic E-state index is 12.3. The zero-order valence-corrected chi connectivity index (χ0v) is 14.7. The van der Waals surface area contributed by atoms with Crippen molar-refractivity contribution >= 4 is 26.9 Å². The molecule has 0 bridgehead atoms. The molecule has 0 amide bonds. The van der Waals surface area contributed by atoms with E-state index in [-0.39, 0.29) is 4.90 Å². The largest absolute Gasteiger partial charge is 0.350 e. The van der Waals surface area contributed by atoms with E-state index in [1.807, 2.05) is 37.3 Å². The van der Waals surface area contributed by atoms with Gasteiger partial charge in [0.2, 0.25) is 10.0 Å². The molecule has 3 aromatic rings. The molecule has 0 unspecified atom stereocenters. The van der Waals surface area contributed by atoms with Crippen molar-refractivity contribution in [1.82, 2.24) is 9.45 Å². The molecule has 3 rings (SSSR count). The van der Waals surface area contributed by atoms with Crippen LogP contribution in [-0.4, -0.2) is 25.2 Å². The Kier molecular flexibility index (Phi) is 4.61. The van der Waals surface area contributed by atoms with Gasteiger partial charge in [0, 0.05) is 11.6 Å². The highest BCUT2D eigenvalue weighted by atomic mass is 32.2. The summed E-state index contributed by atoms with van der Waals surface area (Å²) in [7, 11) is -3.80. The Labute approximate surface area is 146 Å². The topological polar surface area (TPSA) is 77.4 Å². The van der Waals surface area contributed by atoms with E-state index >= 15 is 0 Å². The number of carbonyl (C=O) groups is 1. The summed E-state index contributed by atoms with van der Waals surface area (Å²) in [6, 6.07) is 14.6. The molecule has 6 nitrogen and oxygen atoms in total. The minimum atomic E-state index is -3.80. The van der Waals surface area contributed by atoms with Crippen molar-refractivity contribution in [2.24, 2.45) is 0 Å². The van der Waals surface area contributed by atoms with Crippen LogP contribution in [-0.2, 0) is 14.8 Å². The predicted octanol–water partition coefficient (Wildman–Crippen LogP) is 2.27. The second-order valence-corrected chi connectivity index (χ2v) is 7.48. The van der Waals surface area contributed by atoms with Crippen molar-refractivity contribution in [2.45, 2.75) is 24.8 Å². The highest BCUT2D eigenvalue weighted by Crippen LogP contribution is 2.14. The molecule has 0 radical (unpaired) electrons. The maximum atomic E-state index is 12.3. The van der Waals surface area contributed by atoms with Crippen molar-refractivity contribution in [1.29, 1.82) is 0 Å². The van der Waals surface area contributed by atoms with Crippen LogP contribution in [0.4, 0.5) is 0 Å². The molecule has 0 aliphatic heterocycles. The van der Waals surface area contributed by atoms with Gasteiger partial charge >= 0.3 is 5.97 Å². The molecule has 7 heteroatoms. The van der Waals surface area contributed by atoms with E-state index in [0.717, 1.165) is 16.5 Å². The van der Waals surface area contributed by atoms with Crippen LogP contribution in [0, 0.1) is 6.92 Å². The van der Waals surface area contributed by atoms with E-state index in [1.54, 1.807) is 18.3 Å². The number of aromatic nitrogens is 1. The zero-order valence-electron chi connectivity index (χ0n) is 13.8. The van der Waals surface area contributed by atoms with Crippen molar-refractivity contribution in [3.63, 3.8) is 0 Å². The third kappa shape index (κ3) is 3.72.